The Morgan fingerprint density at radius 2 is 1.94 bits per heavy atom. The van der Waals surface area contributed by atoms with Gasteiger partial charge in [0.2, 0.25) is 0 Å². The summed E-state index contributed by atoms with van der Waals surface area (Å²) in [6.45, 7) is 3.69. The van der Waals surface area contributed by atoms with Crippen LogP contribution in [0.2, 0.25) is 5.02 Å². The number of fused-ring (bicyclic) bond motifs is 2. The zero-order valence-corrected chi connectivity index (χ0v) is 20.8. The number of aromatic nitrogens is 4. The molecule has 2 aromatic heterocycles. The molecule has 0 bridgehead atoms. The minimum Gasteiger partial charge on any atom is -0.493 e. The Kier molecular flexibility index (Phi) is 6.39. The molecule has 5 rings (SSSR count). The molecule has 0 aliphatic carbocycles. The molecule has 3 aromatic carbocycles. The first-order valence-electron chi connectivity index (χ1n) is 11.4. The molecule has 184 valence electrons. The SMILES string of the molecule is COc1cc(-n2nc(Nc3ccc4[nH]ncc4c3Cl)c3ccccc32)ccc1OCC(=O)NC(C)C. The maximum atomic E-state index is 12.0. The number of nitrogens with zero attached hydrogens (tertiary/aromatic N) is 3. The standard InChI is InChI=1S/C26H25ClN6O3/c1-15(2)29-24(34)14-36-22-11-8-16(12-23(22)35-3)33-21-7-5-4-6-17(21)26(32-33)30-20-10-9-19-18(25(20)27)13-28-31-19/h4-13,15H,14H2,1-3H3,(H,28,31)(H,29,34)(H,30,32). The Balaban J connectivity index is 1.48. The number of para-hydroxylation sites is 1. The van der Waals surface area contributed by atoms with Crippen molar-refractivity contribution >= 4 is 50.8 Å². The molecule has 0 atom stereocenters. The van der Waals surface area contributed by atoms with Crippen molar-refractivity contribution in [2.75, 3.05) is 19.0 Å². The Morgan fingerprint density at radius 3 is 2.75 bits per heavy atom. The summed E-state index contributed by atoms with van der Waals surface area (Å²) in [5.74, 6) is 1.42. The predicted molar refractivity (Wildman–Crippen MR) is 141 cm³/mol. The molecule has 5 aromatic rings. The van der Waals surface area contributed by atoms with E-state index >= 15 is 0 Å². The molecule has 36 heavy (non-hydrogen) atoms. The van der Waals surface area contributed by atoms with E-state index in [0.29, 0.717) is 22.3 Å². The van der Waals surface area contributed by atoms with E-state index in [1.165, 1.54) is 0 Å². The zero-order chi connectivity index (χ0) is 25.2. The summed E-state index contributed by atoms with van der Waals surface area (Å²) in [6, 6.07) is 17.2. The highest BCUT2D eigenvalue weighted by atomic mass is 35.5. The number of halogens is 1. The molecule has 0 spiro atoms. The molecule has 0 fully saturated rings. The topological polar surface area (TPSA) is 106 Å². The fourth-order valence-corrected chi connectivity index (χ4v) is 4.24. The lowest BCUT2D eigenvalue weighted by molar-refractivity contribution is -0.123. The number of ether oxygens (including phenoxy) is 2. The summed E-state index contributed by atoms with van der Waals surface area (Å²) in [5, 5.41) is 20.3. The molecule has 0 unspecified atom stereocenters. The second-order valence-corrected chi connectivity index (χ2v) is 8.88. The number of amides is 1. The van der Waals surface area contributed by atoms with Crippen molar-refractivity contribution in [3.05, 3.63) is 65.8 Å². The van der Waals surface area contributed by atoms with E-state index in [-0.39, 0.29) is 18.6 Å². The molecular formula is C26H25ClN6O3. The van der Waals surface area contributed by atoms with Gasteiger partial charge in [-0.2, -0.15) is 5.10 Å². The van der Waals surface area contributed by atoms with Gasteiger partial charge in [-0.15, -0.1) is 5.10 Å². The maximum absolute atomic E-state index is 12.0. The number of carbonyl (C=O) groups is 1. The molecular weight excluding hydrogens is 480 g/mol. The second-order valence-electron chi connectivity index (χ2n) is 8.51. The van der Waals surface area contributed by atoms with Crippen LogP contribution in [-0.2, 0) is 4.79 Å². The highest BCUT2D eigenvalue weighted by Gasteiger charge is 2.16. The van der Waals surface area contributed by atoms with E-state index in [1.807, 2.05) is 67.1 Å². The summed E-state index contributed by atoms with van der Waals surface area (Å²) in [6.07, 6.45) is 1.70. The van der Waals surface area contributed by atoms with Crippen LogP contribution in [0, 0.1) is 0 Å². The lowest BCUT2D eigenvalue weighted by Gasteiger charge is -2.13. The molecule has 0 saturated carbocycles. The molecule has 10 heteroatoms. The first kappa shape index (κ1) is 23.5. The average Bonchev–Trinajstić information content (AvgIpc) is 3.50. The lowest BCUT2D eigenvalue weighted by atomic mass is 10.2. The van der Waals surface area contributed by atoms with Crippen LogP contribution < -0.4 is 20.1 Å². The Hall–Kier alpha value is -4.24. The number of carbonyl (C=O) groups excluding carboxylic acids is 1. The van der Waals surface area contributed by atoms with Gasteiger partial charge in [-0.05, 0) is 50.2 Å². The van der Waals surface area contributed by atoms with Gasteiger partial charge in [0.1, 0.15) is 0 Å². The van der Waals surface area contributed by atoms with Crippen LogP contribution in [0.1, 0.15) is 13.8 Å². The number of anilines is 2. The minimum absolute atomic E-state index is 0.0396. The van der Waals surface area contributed by atoms with Crippen molar-refractivity contribution in [1.29, 1.82) is 0 Å². The molecule has 3 N–H and O–H groups in total. The molecule has 2 heterocycles. The molecule has 9 nitrogen and oxygen atoms in total. The predicted octanol–water partition coefficient (Wildman–Crippen LogP) is 5.21. The van der Waals surface area contributed by atoms with Crippen LogP contribution in [0.5, 0.6) is 11.5 Å². The van der Waals surface area contributed by atoms with Gasteiger partial charge in [0, 0.05) is 22.9 Å². The quantitative estimate of drug-likeness (QED) is 0.268. The van der Waals surface area contributed by atoms with Crippen LogP contribution in [0.4, 0.5) is 11.5 Å². The minimum atomic E-state index is -0.197. The fourth-order valence-electron chi connectivity index (χ4n) is 3.98. The summed E-state index contributed by atoms with van der Waals surface area (Å²) in [7, 11) is 1.56. The van der Waals surface area contributed by atoms with Crippen LogP contribution in [0.25, 0.3) is 27.5 Å². The van der Waals surface area contributed by atoms with Crippen LogP contribution in [0.15, 0.2) is 60.8 Å². The third-order valence-corrected chi connectivity index (χ3v) is 6.01. The molecule has 0 aliphatic heterocycles. The second kappa shape index (κ2) is 9.79. The van der Waals surface area contributed by atoms with Gasteiger partial charge in [0.15, 0.2) is 23.9 Å². The number of H-pyrrole nitrogens is 1. The Labute approximate surface area is 212 Å². The van der Waals surface area contributed by atoms with Crippen LogP contribution in [0.3, 0.4) is 0 Å². The third kappa shape index (κ3) is 4.52. The van der Waals surface area contributed by atoms with E-state index in [1.54, 1.807) is 19.4 Å². The van der Waals surface area contributed by atoms with Gasteiger partial charge in [0.05, 0.1) is 40.7 Å². The number of aromatic amines is 1. The van der Waals surface area contributed by atoms with Crippen molar-refractivity contribution in [3.63, 3.8) is 0 Å². The Bertz CT molecular complexity index is 1560. The number of hydrogen-bond donors (Lipinski definition) is 3. The first-order chi connectivity index (χ1) is 17.4. The van der Waals surface area contributed by atoms with Crippen molar-refractivity contribution in [2.24, 2.45) is 0 Å². The number of rotatable bonds is 8. The summed E-state index contributed by atoms with van der Waals surface area (Å²) >= 11 is 6.63. The third-order valence-electron chi connectivity index (χ3n) is 5.60. The van der Waals surface area contributed by atoms with Crippen molar-refractivity contribution < 1.29 is 14.3 Å². The summed E-state index contributed by atoms with van der Waals surface area (Å²) in [5.41, 5.74) is 3.25. The largest absolute Gasteiger partial charge is 0.493 e. The van der Waals surface area contributed by atoms with E-state index in [2.05, 4.69) is 20.8 Å². The smallest absolute Gasteiger partial charge is 0.258 e. The van der Waals surface area contributed by atoms with E-state index < -0.39 is 0 Å². The molecule has 0 aliphatic rings. The van der Waals surface area contributed by atoms with E-state index in [9.17, 15) is 4.79 Å². The van der Waals surface area contributed by atoms with Gasteiger partial charge >= 0.3 is 0 Å². The normalized spacial score (nSPS) is 11.2. The van der Waals surface area contributed by atoms with Gasteiger partial charge in [0.25, 0.3) is 5.91 Å². The van der Waals surface area contributed by atoms with Crippen molar-refractivity contribution in [1.82, 2.24) is 25.3 Å². The number of hydrogen-bond acceptors (Lipinski definition) is 6. The van der Waals surface area contributed by atoms with Gasteiger partial charge in [-0.25, -0.2) is 4.68 Å². The van der Waals surface area contributed by atoms with Crippen molar-refractivity contribution in [3.8, 4) is 17.2 Å². The van der Waals surface area contributed by atoms with E-state index in [4.69, 9.17) is 26.2 Å². The van der Waals surface area contributed by atoms with E-state index in [0.717, 1.165) is 33.2 Å². The van der Waals surface area contributed by atoms with Crippen LogP contribution in [-0.4, -0.2) is 45.6 Å². The Morgan fingerprint density at radius 1 is 1.11 bits per heavy atom. The van der Waals surface area contributed by atoms with Crippen LogP contribution >= 0.6 is 11.6 Å². The van der Waals surface area contributed by atoms with Crippen molar-refractivity contribution in [2.45, 2.75) is 19.9 Å². The van der Waals surface area contributed by atoms with Gasteiger partial charge in [-0.3, -0.25) is 9.89 Å². The summed E-state index contributed by atoms with van der Waals surface area (Å²) in [4.78, 5) is 12.0. The first-order valence-corrected chi connectivity index (χ1v) is 11.8. The summed E-state index contributed by atoms with van der Waals surface area (Å²) < 4.78 is 13.1. The van der Waals surface area contributed by atoms with Gasteiger partial charge < -0.3 is 20.1 Å². The lowest BCUT2D eigenvalue weighted by Crippen LogP contribution is -2.34. The molecule has 0 radical (unpaired) electrons. The molecule has 1 amide bonds. The monoisotopic (exact) mass is 504 g/mol. The fraction of sp³-hybridized carbons (Fsp3) is 0.192. The number of nitrogens with one attached hydrogen (secondary N) is 3. The highest BCUT2D eigenvalue weighted by molar-refractivity contribution is 6.38. The number of methoxy groups -OCH3 is 1. The maximum Gasteiger partial charge on any atom is 0.258 e. The number of benzene rings is 3. The van der Waals surface area contributed by atoms with Gasteiger partial charge in [-0.1, -0.05) is 23.7 Å². The average molecular weight is 505 g/mol. The highest BCUT2D eigenvalue weighted by Crippen LogP contribution is 2.36. The molecule has 0 saturated heterocycles. The zero-order valence-electron chi connectivity index (χ0n) is 20.0.